The number of rotatable bonds is 4. The van der Waals surface area contributed by atoms with Gasteiger partial charge in [0.2, 0.25) is 0 Å². The smallest absolute Gasteiger partial charge is 0.0645 e. The SMILES string of the molecule is CC(CCN)c1cnn(-c2ccccc2)c1. The van der Waals surface area contributed by atoms with Crippen molar-refractivity contribution >= 4 is 0 Å². The van der Waals surface area contributed by atoms with Gasteiger partial charge < -0.3 is 5.73 Å². The summed E-state index contributed by atoms with van der Waals surface area (Å²) in [5.74, 6) is 0.475. The van der Waals surface area contributed by atoms with Crippen molar-refractivity contribution in [1.29, 1.82) is 0 Å². The molecular formula is C13H17N3. The molecule has 3 heteroatoms. The van der Waals surface area contributed by atoms with E-state index in [9.17, 15) is 0 Å². The van der Waals surface area contributed by atoms with Gasteiger partial charge in [-0.1, -0.05) is 25.1 Å². The van der Waals surface area contributed by atoms with E-state index in [2.05, 4.69) is 18.2 Å². The van der Waals surface area contributed by atoms with Gasteiger partial charge >= 0.3 is 0 Å². The molecule has 1 atom stereocenters. The van der Waals surface area contributed by atoms with E-state index in [4.69, 9.17) is 5.73 Å². The van der Waals surface area contributed by atoms with E-state index < -0.39 is 0 Å². The molecule has 1 unspecified atom stereocenters. The molecule has 84 valence electrons. The van der Waals surface area contributed by atoms with Gasteiger partial charge in [0.25, 0.3) is 0 Å². The van der Waals surface area contributed by atoms with Gasteiger partial charge in [-0.25, -0.2) is 4.68 Å². The van der Waals surface area contributed by atoms with E-state index >= 15 is 0 Å². The van der Waals surface area contributed by atoms with Crippen LogP contribution in [0.5, 0.6) is 0 Å². The highest BCUT2D eigenvalue weighted by molar-refractivity contribution is 5.31. The number of aromatic nitrogens is 2. The van der Waals surface area contributed by atoms with E-state index in [0.717, 1.165) is 18.7 Å². The zero-order valence-corrected chi connectivity index (χ0v) is 9.50. The maximum Gasteiger partial charge on any atom is 0.0645 e. The van der Waals surface area contributed by atoms with Crippen LogP contribution in [0.2, 0.25) is 0 Å². The molecule has 0 aliphatic heterocycles. The summed E-state index contributed by atoms with van der Waals surface area (Å²) in [6.45, 7) is 2.90. The number of hydrogen-bond donors (Lipinski definition) is 1. The Morgan fingerprint density at radius 3 is 2.75 bits per heavy atom. The van der Waals surface area contributed by atoms with Crippen molar-refractivity contribution < 1.29 is 0 Å². The molecule has 0 amide bonds. The molecule has 0 fully saturated rings. The summed E-state index contributed by atoms with van der Waals surface area (Å²) in [5, 5.41) is 4.37. The molecule has 0 radical (unpaired) electrons. The normalized spacial score (nSPS) is 12.6. The number of benzene rings is 1. The van der Waals surface area contributed by atoms with Gasteiger partial charge in [0.05, 0.1) is 11.9 Å². The van der Waals surface area contributed by atoms with Crippen LogP contribution < -0.4 is 5.73 Å². The third-order valence-corrected chi connectivity index (χ3v) is 2.79. The molecule has 1 aromatic carbocycles. The first-order valence-electron chi connectivity index (χ1n) is 5.61. The van der Waals surface area contributed by atoms with Gasteiger partial charge in [-0.05, 0) is 36.6 Å². The highest BCUT2D eigenvalue weighted by atomic mass is 15.3. The van der Waals surface area contributed by atoms with E-state index in [1.807, 2.05) is 41.2 Å². The van der Waals surface area contributed by atoms with Crippen LogP contribution >= 0.6 is 0 Å². The predicted molar refractivity (Wildman–Crippen MR) is 65.7 cm³/mol. The Morgan fingerprint density at radius 1 is 1.31 bits per heavy atom. The summed E-state index contributed by atoms with van der Waals surface area (Å²) in [6.07, 6.45) is 5.00. The summed E-state index contributed by atoms with van der Waals surface area (Å²) in [6, 6.07) is 10.1. The maximum absolute atomic E-state index is 5.56. The molecule has 0 saturated carbocycles. The van der Waals surface area contributed by atoms with Gasteiger partial charge in [-0.2, -0.15) is 5.10 Å². The van der Waals surface area contributed by atoms with Crippen LogP contribution in [0.15, 0.2) is 42.7 Å². The average Bonchev–Trinajstić information content (AvgIpc) is 2.80. The Morgan fingerprint density at radius 2 is 2.06 bits per heavy atom. The van der Waals surface area contributed by atoms with Crippen LogP contribution in [0, 0.1) is 0 Å². The standard InChI is InChI=1S/C13H17N3/c1-11(7-8-14)12-9-15-16(10-12)13-5-3-2-4-6-13/h2-6,9-11H,7-8,14H2,1H3. The maximum atomic E-state index is 5.56. The first-order valence-corrected chi connectivity index (χ1v) is 5.61. The summed E-state index contributed by atoms with van der Waals surface area (Å²) < 4.78 is 1.91. The Bertz CT molecular complexity index is 433. The zero-order valence-electron chi connectivity index (χ0n) is 9.50. The van der Waals surface area contributed by atoms with E-state index in [0.29, 0.717) is 5.92 Å². The van der Waals surface area contributed by atoms with Crippen molar-refractivity contribution in [2.75, 3.05) is 6.54 Å². The number of nitrogens with two attached hydrogens (primary N) is 1. The molecule has 0 aliphatic carbocycles. The Hall–Kier alpha value is -1.61. The summed E-state index contributed by atoms with van der Waals surface area (Å²) in [4.78, 5) is 0. The third-order valence-electron chi connectivity index (χ3n) is 2.79. The minimum absolute atomic E-state index is 0.475. The van der Waals surface area contributed by atoms with Crippen molar-refractivity contribution in [3.63, 3.8) is 0 Å². The monoisotopic (exact) mass is 215 g/mol. The lowest BCUT2D eigenvalue weighted by atomic mass is 10.0. The second kappa shape index (κ2) is 4.94. The topological polar surface area (TPSA) is 43.8 Å². The predicted octanol–water partition coefficient (Wildman–Crippen LogP) is 2.32. The minimum atomic E-state index is 0.475. The molecular weight excluding hydrogens is 198 g/mol. The van der Waals surface area contributed by atoms with E-state index in [1.165, 1.54) is 5.56 Å². The fourth-order valence-corrected chi connectivity index (χ4v) is 1.73. The van der Waals surface area contributed by atoms with Crippen LogP contribution in [0.4, 0.5) is 0 Å². The summed E-state index contributed by atoms with van der Waals surface area (Å²) in [5.41, 5.74) is 7.89. The van der Waals surface area contributed by atoms with Gasteiger partial charge in [0.1, 0.15) is 0 Å². The molecule has 0 saturated heterocycles. The highest BCUT2D eigenvalue weighted by Gasteiger charge is 2.07. The van der Waals surface area contributed by atoms with Gasteiger partial charge in [-0.15, -0.1) is 0 Å². The van der Waals surface area contributed by atoms with Crippen molar-refractivity contribution in [2.45, 2.75) is 19.3 Å². The Labute approximate surface area is 95.9 Å². The molecule has 0 spiro atoms. The van der Waals surface area contributed by atoms with Gasteiger partial charge in [0, 0.05) is 6.20 Å². The highest BCUT2D eigenvalue weighted by Crippen LogP contribution is 2.18. The first kappa shape index (κ1) is 10.9. The van der Waals surface area contributed by atoms with E-state index in [1.54, 1.807) is 0 Å². The number of hydrogen-bond acceptors (Lipinski definition) is 2. The quantitative estimate of drug-likeness (QED) is 0.850. The first-order chi connectivity index (χ1) is 7.81. The molecule has 0 bridgehead atoms. The van der Waals surface area contributed by atoms with Gasteiger partial charge in [-0.3, -0.25) is 0 Å². The second-order valence-electron chi connectivity index (χ2n) is 4.03. The summed E-state index contributed by atoms with van der Waals surface area (Å²) in [7, 11) is 0. The molecule has 2 aromatic rings. The van der Waals surface area contributed by atoms with Crippen molar-refractivity contribution in [1.82, 2.24) is 9.78 Å². The minimum Gasteiger partial charge on any atom is -0.330 e. The molecule has 0 aliphatic rings. The second-order valence-corrected chi connectivity index (χ2v) is 4.03. The summed E-state index contributed by atoms with van der Waals surface area (Å²) >= 11 is 0. The lowest BCUT2D eigenvalue weighted by Crippen LogP contribution is -2.03. The van der Waals surface area contributed by atoms with Crippen LogP contribution in [0.25, 0.3) is 5.69 Å². The Balaban J connectivity index is 2.20. The lowest BCUT2D eigenvalue weighted by Gasteiger charge is -2.05. The van der Waals surface area contributed by atoms with E-state index in [-0.39, 0.29) is 0 Å². The van der Waals surface area contributed by atoms with Crippen molar-refractivity contribution in [3.8, 4) is 5.69 Å². The fraction of sp³-hybridized carbons (Fsp3) is 0.308. The molecule has 16 heavy (non-hydrogen) atoms. The van der Waals surface area contributed by atoms with Crippen molar-refractivity contribution in [3.05, 3.63) is 48.3 Å². The Kier molecular flexibility index (Phi) is 3.37. The molecule has 3 nitrogen and oxygen atoms in total. The molecule has 2 rings (SSSR count). The van der Waals surface area contributed by atoms with Gasteiger partial charge in [0.15, 0.2) is 0 Å². The van der Waals surface area contributed by atoms with Crippen molar-refractivity contribution in [2.24, 2.45) is 5.73 Å². The lowest BCUT2D eigenvalue weighted by molar-refractivity contribution is 0.690. The molecule has 2 N–H and O–H groups in total. The van der Waals surface area contributed by atoms with Crippen LogP contribution in [-0.2, 0) is 0 Å². The largest absolute Gasteiger partial charge is 0.330 e. The molecule has 1 heterocycles. The fourth-order valence-electron chi connectivity index (χ4n) is 1.73. The van der Waals surface area contributed by atoms with Crippen LogP contribution in [-0.4, -0.2) is 16.3 Å². The molecule has 1 aromatic heterocycles. The number of nitrogens with zero attached hydrogens (tertiary/aromatic N) is 2. The third kappa shape index (κ3) is 2.31. The zero-order chi connectivity index (χ0) is 11.4. The van der Waals surface area contributed by atoms with Crippen LogP contribution in [0.3, 0.4) is 0 Å². The average molecular weight is 215 g/mol. The van der Waals surface area contributed by atoms with Crippen LogP contribution in [0.1, 0.15) is 24.8 Å². The number of para-hydroxylation sites is 1.